The molecule has 1 saturated heterocycles. The molecule has 2 nitrogen and oxygen atoms in total. The van der Waals surface area contributed by atoms with Gasteiger partial charge in [-0.15, -0.1) is 11.3 Å². The topological polar surface area (TPSA) is 16.1 Å². The van der Waals surface area contributed by atoms with Crippen LogP contribution in [0.5, 0.6) is 0 Å². The van der Waals surface area contributed by atoms with E-state index in [1.165, 1.54) is 30.2 Å². The van der Waals surface area contributed by atoms with Crippen molar-refractivity contribution in [2.75, 3.05) is 13.1 Å². The van der Waals surface area contributed by atoms with E-state index in [4.69, 9.17) is 0 Å². The van der Waals surface area contributed by atoms with Gasteiger partial charge in [0.2, 0.25) is 0 Å². The number of aromatic nitrogens is 1. The molecule has 0 atom stereocenters. The molecule has 0 N–H and O–H groups in total. The van der Waals surface area contributed by atoms with E-state index in [2.05, 4.69) is 22.2 Å². The fourth-order valence-electron chi connectivity index (χ4n) is 1.32. The third kappa shape index (κ3) is 1.67. The molecule has 1 aromatic heterocycles. The largest absolute Gasteiger partial charge is 0.297 e. The van der Waals surface area contributed by atoms with E-state index >= 15 is 0 Å². The van der Waals surface area contributed by atoms with Gasteiger partial charge in [-0.05, 0) is 25.9 Å². The molecule has 0 saturated carbocycles. The minimum Gasteiger partial charge on any atom is -0.297 e. The average molecular weight is 182 g/mol. The molecule has 0 bridgehead atoms. The predicted molar refractivity (Wildman–Crippen MR) is 51.4 cm³/mol. The summed E-state index contributed by atoms with van der Waals surface area (Å²) in [6.07, 6.45) is 2.43. The number of thiazole rings is 1. The normalized spacial score (nSPS) is 17.8. The van der Waals surface area contributed by atoms with Crippen LogP contribution in [0.25, 0.3) is 0 Å². The minimum atomic E-state index is 1.07. The number of hydrogen-bond acceptors (Lipinski definition) is 3. The molecule has 12 heavy (non-hydrogen) atoms. The van der Waals surface area contributed by atoms with E-state index in [0.29, 0.717) is 0 Å². The summed E-state index contributed by atoms with van der Waals surface area (Å²) in [4.78, 5) is 6.97. The fraction of sp³-hybridized carbons (Fsp3) is 0.667. The molecular formula is C9H14N2S. The Morgan fingerprint density at radius 2 is 2.42 bits per heavy atom. The second-order valence-electron chi connectivity index (χ2n) is 3.22. The van der Waals surface area contributed by atoms with Crippen molar-refractivity contribution in [3.63, 3.8) is 0 Å². The summed E-state index contributed by atoms with van der Waals surface area (Å²) >= 11 is 1.80. The molecule has 0 spiro atoms. The van der Waals surface area contributed by atoms with Crippen LogP contribution in [0.3, 0.4) is 0 Å². The molecule has 0 radical (unpaired) electrons. The lowest BCUT2D eigenvalue weighted by molar-refractivity contribution is 0.172. The Balaban J connectivity index is 1.93. The van der Waals surface area contributed by atoms with E-state index in [1.54, 1.807) is 11.3 Å². The van der Waals surface area contributed by atoms with Crippen LogP contribution in [0.2, 0.25) is 0 Å². The highest BCUT2D eigenvalue weighted by molar-refractivity contribution is 7.09. The molecular weight excluding hydrogens is 168 g/mol. The molecule has 1 fully saturated rings. The van der Waals surface area contributed by atoms with Crippen molar-refractivity contribution in [3.05, 3.63) is 16.1 Å². The highest BCUT2D eigenvalue weighted by Crippen LogP contribution is 2.16. The van der Waals surface area contributed by atoms with Crippen molar-refractivity contribution in [1.82, 2.24) is 9.88 Å². The van der Waals surface area contributed by atoms with Crippen LogP contribution in [-0.2, 0) is 13.0 Å². The summed E-state index contributed by atoms with van der Waals surface area (Å²) in [7, 11) is 0. The van der Waals surface area contributed by atoms with Crippen LogP contribution >= 0.6 is 11.3 Å². The summed E-state index contributed by atoms with van der Waals surface area (Å²) in [5.74, 6) is 0. The van der Waals surface area contributed by atoms with Crippen molar-refractivity contribution >= 4 is 11.3 Å². The lowest BCUT2D eigenvalue weighted by Gasteiger charge is -2.29. The van der Waals surface area contributed by atoms with Gasteiger partial charge >= 0.3 is 0 Å². The van der Waals surface area contributed by atoms with Gasteiger partial charge < -0.3 is 0 Å². The van der Waals surface area contributed by atoms with Gasteiger partial charge in [-0.3, -0.25) is 4.90 Å². The molecule has 0 amide bonds. The third-order valence-electron chi connectivity index (χ3n) is 2.27. The zero-order chi connectivity index (χ0) is 8.39. The van der Waals surface area contributed by atoms with E-state index in [9.17, 15) is 0 Å². The first kappa shape index (κ1) is 8.20. The Bertz CT molecular complexity index is 253. The minimum absolute atomic E-state index is 1.07. The summed E-state index contributed by atoms with van der Waals surface area (Å²) in [5, 5.41) is 3.46. The summed E-state index contributed by atoms with van der Waals surface area (Å²) in [6, 6.07) is 0. The smallest absolute Gasteiger partial charge is 0.107 e. The Labute approximate surface area is 77.2 Å². The van der Waals surface area contributed by atoms with Gasteiger partial charge in [-0.2, -0.15) is 0 Å². The second-order valence-corrected chi connectivity index (χ2v) is 4.16. The van der Waals surface area contributed by atoms with Crippen molar-refractivity contribution in [2.45, 2.75) is 26.3 Å². The zero-order valence-electron chi connectivity index (χ0n) is 7.42. The highest BCUT2D eigenvalue weighted by Gasteiger charge is 2.14. The van der Waals surface area contributed by atoms with E-state index < -0.39 is 0 Å². The second kappa shape index (κ2) is 3.54. The Morgan fingerprint density at radius 3 is 2.92 bits per heavy atom. The molecule has 1 aliphatic heterocycles. The van der Waals surface area contributed by atoms with E-state index in [-0.39, 0.29) is 0 Å². The van der Waals surface area contributed by atoms with Gasteiger partial charge in [0.05, 0.1) is 12.2 Å². The molecule has 2 heterocycles. The van der Waals surface area contributed by atoms with Crippen LogP contribution in [0.4, 0.5) is 0 Å². The Hall–Kier alpha value is -0.410. The number of rotatable bonds is 3. The number of aryl methyl sites for hydroxylation is 1. The quantitative estimate of drug-likeness (QED) is 0.710. The van der Waals surface area contributed by atoms with Gasteiger partial charge in [-0.1, -0.05) is 6.92 Å². The van der Waals surface area contributed by atoms with Crippen LogP contribution in [0.15, 0.2) is 5.38 Å². The molecule has 0 aliphatic carbocycles. The van der Waals surface area contributed by atoms with Gasteiger partial charge in [0.25, 0.3) is 0 Å². The van der Waals surface area contributed by atoms with Crippen LogP contribution < -0.4 is 0 Å². The first-order valence-corrected chi connectivity index (χ1v) is 5.42. The molecule has 3 heteroatoms. The third-order valence-corrected chi connectivity index (χ3v) is 3.15. The Morgan fingerprint density at radius 1 is 1.58 bits per heavy atom. The van der Waals surface area contributed by atoms with Gasteiger partial charge in [0.15, 0.2) is 0 Å². The maximum Gasteiger partial charge on any atom is 0.107 e. The van der Waals surface area contributed by atoms with Crippen molar-refractivity contribution < 1.29 is 0 Å². The lowest BCUT2D eigenvalue weighted by Crippen LogP contribution is -2.36. The SMILES string of the molecule is CCc1csc(CN2CCC2)n1. The maximum atomic E-state index is 4.53. The van der Waals surface area contributed by atoms with Crippen molar-refractivity contribution in [2.24, 2.45) is 0 Å². The molecule has 0 aromatic carbocycles. The maximum absolute atomic E-state index is 4.53. The highest BCUT2D eigenvalue weighted by atomic mass is 32.1. The molecule has 66 valence electrons. The van der Waals surface area contributed by atoms with Gasteiger partial charge in [-0.25, -0.2) is 4.98 Å². The van der Waals surface area contributed by atoms with Gasteiger partial charge in [0, 0.05) is 5.38 Å². The monoisotopic (exact) mass is 182 g/mol. The predicted octanol–water partition coefficient (Wildman–Crippen LogP) is 1.91. The van der Waals surface area contributed by atoms with Crippen molar-refractivity contribution in [1.29, 1.82) is 0 Å². The van der Waals surface area contributed by atoms with Crippen LogP contribution in [0, 0.1) is 0 Å². The molecule has 1 aliphatic rings. The van der Waals surface area contributed by atoms with Crippen LogP contribution in [-0.4, -0.2) is 23.0 Å². The average Bonchev–Trinajstić information content (AvgIpc) is 2.44. The molecule has 2 rings (SSSR count). The number of likely N-dealkylation sites (tertiary alicyclic amines) is 1. The molecule has 1 aromatic rings. The summed E-state index contributed by atoms with van der Waals surface area (Å²) in [6.45, 7) is 5.76. The van der Waals surface area contributed by atoms with Crippen molar-refractivity contribution in [3.8, 4) is 0 Å². The van der Waals surface area contributed by atoms with E-state index in [1.807, 2.05) is 0 Å². The summed E-state index contributed by atoms with van der Waals surface area (Å²) in [5.41, 5.74) is 1.25. The lowest BCUT2D eigenvalue weighted by atomic mass is 10.2. The first-order valence-electron chi connectivity index (χ1n) is 4.54. The standard InChI is InChI=1S/C9H14N2S/c1-2-8-7-12-9(10-8)6-11-4-3-5-11/h7H,2-6H2,1H3. The zero-order valence-corrected chi connectivity index (χ0v) is 8.23. The first-order chi connectivity index (χ1) is 5.88. The Kier molecular flexibility index (Phi) is 2.42. The number of hydrogen-bond donors (Lipinski definition) is 0. The number of nitrogens with zero attached hydrogens (tertiary/aromatic N) is 2. The summed E-state index contributed by atoms with van der Waals surface area (Å²) < 4.78 is 0. The van der Waals surface area contributed by atoms with Gasteiger partial charge in [0.1, 0.15) is 5.01 Å². The molecule has 0 unspecified atom stereocenters. The fourth-order valence-corrected chi connectivity index (χ4v) is 2.23. The van der Waals surface area contributed by atoms with Crippen LogP contribution in [0.1, 0.15) is 24.0 Å². The van der Waals surface area contributed by atoms with E-state index in [0.717, 1.165) is 13.0 Å².